The molecule has 160 valence electrons. The van der Waals surface area contributed by atoms with E-state index in [9.17, 15) is 14.4 Å². The van der Waals surface area contributed by atoms with Crippen molar-refractivity contribution in [2.24, 2.45) is 0 Å². The van der Waals surface area contributed by atoms with Gasteiger partial charge in [-0.1, -0.05) is 53.5 Å². The number of urea groups is 1. The second-order valence-corrected chi connectivity index (χ2v) is 7.76. The first-order valence-corrected chi connectivity index (χ1v) is 10.3. The molecule has 1 heterocycles. The molecule has 0 saturated carbocycles. The Bertz CT molecular complexity index is 1220. The first-order chi connectivity index (χ1) is 15.4. The van der Waals surface area contributed by atoms with E-state index in [0.29, 0.717) is 21.4 Å². The van der Waals surface area contributed by atoms with E-state index < -0.39 is 17.8 Å². The number of carbonyl (C=O) groups is 3. The third-order valence-electron chi connectivity index (χ3n) is 4.70. The second-order valence-electron chi connectivity index (χ2n) is 6.89. The molecule has 1 fully saturated rings. The van der Waals surface area contributed by atoms with Crippen LogP contribution in [0.15, 0.2) is 78.4 Å². The van der Waals surface area contributed by atoms with Gasteiger partial charge in [-0.25, -0.2) is 9.69 Å². The van der Waals surface area contributed by atoms with Gasteiger partial charge in [0.05, 0.1) is 5.69 Å². The molecular weight excluding hydrogens is 451 g/mol. The number of nitrogens with zero attached hydrogens (tertiary/aromatic N) is 1. The summed E-state index contributed by atoms with van der Waals surface area (Å²) in [5.41, 5.74) is 1.43. The van der Waals surface area contributed by atoms with Crippen LogP contribution < -0.4 is 15.0 Å². The highest BCUT2D eigenvalue weighted by Gasteiger charge is 2.37. The molecule has 4 rings (SSSR count). The molecule has 0 aromatic heterocycles. The fourth-order valence-electron chi connectivity index (χ4n) is 3.14. The average Bonchev–Trinajstić information content (AvgIpc) is 2.78. The van der Waals surface area contributed by atoms with Gasteiger partial charge in [0.25, 0.3) is 11.8 Å². The molecule has 0 aliphatic carbocycles. The van der Waals surface area contributed by atoms with Gasteiger partial charge >= 0.3 is 6.03 Å². The topological polar surface area (TPSA) is 75.7 Å². The second kappa shape index (κ2) is 9.26. The predicted molar refractivity (Wildman–Crippen MR) is 123 cm³/mol. The van der Waals surface area contributed by atoms with E-state index in [1.54, 1.807) is 30.3 Å². The van der Waals surface area contributed by atoms with Crippen molar-refractivity contribution in [3.63, 3.8) is 0 Å². The Balaban J connectivity index is 1.67. The molecule has 1 saturated heterocycles. The van der Waals surface area contributed by atoms with Crippen molar-refractivity contribution in [2.75, 3.05) is 4.90 Å². The fraction of sp³-hybridized carbons (Fsp3) is 0.0417. The standard InChI is InChI=1S/C24H16Cl2N2O4/c25-17-6-9-19(10-7-17)28-23(30)20(22(29)27-24(28)31)13-16-12-18(26)8-11-21(16)32-14-15-4-2-1-3-5-15/h1-13H,14H2,(H,27,29,31)/b20-13+. The maximum atomic E-state index is 13.1. The maximum Gasteiger partial charge on any atom is 0.335 e. The van der Waals surface area contributed by atoms with Gasteiger partial charge in [-0.2, -0.15) is 0 Å². The lowest BCUT2D eigenvalue weighted by atomic mass is 10.1. The molecular formula is C24H16Cl2N2O4. The van der Waals surface area contributed by atoms with E-state index >= 15 is 0 Å². The Hall–Kier alpha value is -3.61. The Labute approximate surface area is 194 Å². The Kier molecular flexibility index (Phi) is 6.25. The highest BCUT2D eigenvalue weighted by molar-refractivity contribution is 6.39. The number of halogens is 2. The number of hydrogen-bond donors (Lipinski definition) is 1. The highest BCUT2D eigenvalue weighted by Crippen LogP contribution is 2.29. The number of hydrogen-bond acceptors (Lipinski definition) is 4. The highest BCUT2D eigenvalue weighted by atomic mass is 35.5. The molecule has 1 aliphatic rings. The minimum Gasteiger partial charge on any atom is -0.488 e. The number of nitrogens with one attached hydrogen (secondary N) is 1. The Morgan fingerprint density at radius 3 is 2.28 bits per heavy atom. The first kappa shape index (κ1) is 21.6. The van der Waals surface area contributed by atoms with Gasteiger partial charge in [-0.15, -0.1) is 0 Å². The van der Waals surface area contributed by atoms with Crippen molar-refractivity contribution in [3.8, 4) is 5.75 Å². The third-order valence-corrected chi connectivity index (χ3v) is 5.18. The Morgan fingerprint density at radius 2 is 1.56 bits per heavy atom. The molecule has 1 aliphatic heterocycles. The summed E-state index contributed by atoms with van der Waals surface area (Å²) in [7, 11) is 0. The van der Waals surface area contributed by atoms with Crippen LogP contribution in [0.3, 0.4) is 0 Å². The lowest BCUT2D eigenvalue weighted by Crippen LogP contribution is -2.54. The van der Waals surface area contributed by atoms with Crippen LogP contribution in [0.25, 0.3) is 6.08 Å². The number of amides is 4. The van der Waals surface area contributed by atoms with Crippen molar-refractivity contribution < 1.29 is 19.1 Å². The summed E-state index contributed by atoms with van der Waals surface area (Å²) in [6, 6.07) is 19.7. The number of rotatable bonds is 5. The average molecular weight is 467 g/mol. The molecule has 0 atom stereocenters. The van der Waals surface area contributed by atoms with E-state index in [1.807, 2.05) is 30.3 Å². The van der Waals surface area contributed by atoms with Gasteiger partial charge in [-0.3, -0.25) is 14.9 Å². The number of barbiturate groups is 1. The largest absolute Gasteiger partial charge is 0.488 e. The van der Waals surface area contributed by atoms with Crippen LogP contribution in [0.5, 0.6) is 5.75 Å². The zero-order valence-corrected chi connectivity index (χ0v) is 18.1. The molecule has 6 nitrogen and oxygen atoms in total. The van der Waals surface area contributed by atoms with Crippen LogP contribution in [0.2, 0.25) is 10.0 Å². The molecule has 0 spiro atoms. The van der Waals surface area contributed by atoms with Gasteiger partial charge in [0, 0.05) is 15.6 Å². The molecule has 0 bridgehead atoms. The van der Waals surface area contributed by atoms with Crippen molar-refractivity contribution in [2.45, 2.75) is 6.61 Å². The van der Waals surface area contributed by atoms with Gasteiger partial charge in [0.2, 0.25) is 0 Å². The minimum atomic E-state index is -0.842. The van der Waals surface area contributed by atoms with Crippen LogP contribution >= 0.6 is 23.2 Å². The van der Waals surface area contributed by atoms with Crippen LogP contribution in [-0.2, 0) is 16.2 Å². The van der Waals surface area contributed by atoms with E-state index in [-0.39, 0.29) is 17.9 Å². The number of anilines is 1. The Morgan fingerprint density at radius 1 is 0.875 bits per heavy atom. The molecule has 32 heavy (non-hydrogen) atoms. The molecule has 0 unspecified atom stereocenters. The van der Waals surface area contributed by atoms with Crippen molar-refractivity contribution in [3.05, 3.63) is 99.5 Å². The molecule has 0 radical (unpaired) electrons. The first-order valence-electron chi connectivity index (χ1n) is 9.55. The number of ether oxygens (including phenoxy) is 1. The number of imide groups is 2. The van der Waals surface area contributed by atoms with Crippen LogP contribution in [0, 0.1) is 0 Å². The van der Waals surface area contributed by atoms with E-state index in [1.165, 1.54) is 18.2 Å². The zero-order valence-electron chi connectivity index (χ0n) is 16.5. The lowest BCUT2D eigenvalue weighted by Gasteiger charge is -2.26. The quantitative estimate of drug-likeness (QED) is 0.412. The summed E-state index contributed by atoms with van der Waals surface area (Å²) in [6.07, 6.45) is 1.36. The third kappa shape index (κ3) is 4.66. The van der Waals surface area contributed by atoms with Gasteiger partial charge in [0.15, 0.2) is 0 Å². The molecule has 1 N–H and O–H groups in total. The van der Waals surface area contributed by atoms with Crippen LogP contribution in [0.4, 0.5) is 10.5 Å². The summed E-state index contributed by atoms with van der Waals surface area (Å²) < 4.78 is 5.89. The molecule has 3 aromatic rings. The predicted octanol–water partition coefficient (Wildman–Crippen LogP) is 5.24. The normalized spacial score (nSPS) is 15.1. The number of benzene rings is 3. The smallest absolute Gasteiger partial charge is 0.335 e. The zero-order chi connectivity index (χ0) is 22.7. The van der Waals surface area contributed by atoms with E-state index in [2.05, 4.69) is 5.32 Å². The van der Waals surface area contributed by atoms with Crippen LogP contribution in [0.1, 0.15) is 11.1 Å². The number of carbonyl (C=O) groups excluding carboxylic acids is 3. The summed E-state index contributed by atoms with van der Waals surface area (Å²) in [4.78, 5) is 38.8. The molecule has 8 heteroatoms. The summed E-state index contributed by atoms with van der Waals surface area (Å²) in [5.74, 6) is -1.14. The van der Waals surface area contributed by atoms with Crippen molar-refractivity contribution in [1.82, 2.24) is 5.32 Å². The lowest BCUT2D eigenvalue weighted by molar-refractivity contribution is -0.122. The van der Waals surface area contributed by atoms with Crippen LogP contribution in [-0.4, -0.2) is 17.8 Å². The van der Waals surface area contributed by atoms with Gasteiger partial charge in [0.1, 0.15) is 17.9 Å². The minimum absolute atomic E-state index is 0.230. The monoisotopic (exact) mass is 466 g/mol. The fourth-order valence-corrected chi connectivity index (χ4v) is 3.44. The summed E-state index contributed by atoms with van der Waals surface area (Å²) in [6.45, 7) is 0.286. The van der Waals surface area contributed by atoms with E-state index in [0.717, 1.165) is 10.5 Å². The van der Waals surface area contributed by atoms with Crippen molar-refractivity contribution in [1.29, 1.82) is 0 Å². The van der Waals surface area contributed by atoms with Gasteiger partial charge < -0.3 is 4.74 Å². The van der Waals surface area contributed by atoms with Crippen molar-refractivity contribution >= 4 is 52.8 Å². The molecule has 3 aromatic carbocycles. The van der Waals surface area contributed by atoms with E-state index in [4.69, 9.17) is 27.9 Å². The maximum absolute atomic E-state index is 13.1. The SMILES string of the molecule is O=C1NC(=O)N(c2ccc(Cl)cc2)C(=O)/C1=C/c1cc(Cl)ccc1OCc1ccccc1. The molecule has 4 amide bonds. The summed E-state index contributed by atoms with van der Waals surface area (Å²) in [5, 5.41) is 3.04. The summed E-state index contributed by atoms with van der Waals surface area (Å²) >= 11 is 12.0. The van der Waals surface area contributed by atoms with Gasteiger partial charge in [-0.05, 0) is 54.1 Å².